The van der Waals surface area contributed by atoms with Crippen molar-refractivity contribution in [1.29, 1.82) is 0 Å². The van der Waals surface area contributed by atoms with Crippen LogP contribution in [0, 0.1) is 5.82 Å². The van der Waals surface area contributed by atoms with Crippen molar-refractivity contribution < 1.29 is 4.39 Å². The van der Waals surface area contributed by atoms with Crippen LogP contribution in [-0.4, -0.2) is 37.1 Å². The lowest BCUT2D eigenvalue weighted by molar-refractivity contribution is 0.611. The maximum atomic E-state index is 13.3. The van der Waals surface area contributed by atoms with E-state index >= 15 is 0 Å². The first-order valence-electron chi connectivity index (χ1n) is 6.24. The number of rotatable bonds is 8. The average molecular weight is 271 g/mol. The van der Waals surface area contributed by atoms with Gasteiger partial charge in [-0.15, -0.1) is 0 Å². The molecule has 0 bridgehead atoms. The highest BCUT2D eigenvalue weighted by Crippen LogP contribution is 2.17. The van der Waals surface area contributed by atoms with Gasteiger partial charge in [0.05, 0.1) is 6.20 Å². The summed E-state index contributed by atoms with van der Waals surface area (Å²) in [6.45, 7) is 4.63. The maximum absolute atomic E-state index is 13.3. The van der Waals surface area contributed by atoms with Crippen molar-refractivity contribution in [3.8, 4) is 0 Å². The van der Waals surface area contributed by atoms with Crippen molar-refractivity contribution in [1.82, 2.24) is 10.3 Å². The number of pyridine rings is 1. The van der Waals surface area contributed by atoms with Crippen molar-refractivity contribution in [2.75, 3.05) is 37.0 Å². The molecular weight excluding hydrogens is 249 g/mol. The van der Waals surface area contributed by atoms with E-state index in [2.05, 4.69) is 28.4 Å². The zero-order chi connectivity index (χ0) is 13.4. The van der Waals surface area contributed by atoms with Crippen molar-refractivity contribution in [3.63, 3.8) is 0 Å². The van der Waals surface area contributed by atoms with Crippen molar-refractivity contribution >= 4 is 17.6 Å². The highest BCUT2D eigenvalue weighted by atomic mass is 32.2. The quantitative estimate of drug-likeness (QED) is 0.735. The molecule has 5 heteroatoms. The molecule has 3 nitrogen and oxygen atoms in total. The summed E-state index contributed by atoms with van der Waals surface area (Å²) in [6.07, 6.45) is 4.43. The first kappa shape index (κ1) is 15.2. The van der Waals surface area contributed by atoms with Crippen LogP contribution in [0.1, 0.15) is 18.9 Å². The van der Waals surface area contributed by atoms with Gasteiger partial charge in [-0.1, -0.05) is 6.92 Å². The second-order valence-electron chi connectivity index (χ2n) is 4.23. The molecule has 0 saturated carbocycles. The van der Waals surface area contributed by atoms with Gasteiger partial charge in [0.2, 0.25) is 0 Å². The molecule has 0 radical (unpaired) electrons. The number of nitrogens with zero attached hydrogens (tertiary/aromatic N) is 2. The van der Waals surface area contributed by atoms with Crippen LogP contribution in [0.15, 0.2) is 12.3 Å². The summed E-state index contributed by atoms with van der Waals surface area (Å²) >= 11 is 1.80. The summed E-state index contributed by atoms with van der Waals surface area (Å²) in [7, 11) is 2.00. The molecule has 1 N–H and O–H groups in total. The highest BCUT2D eigenvalue weighted by Gasteiger charge is 2.10. The van der Waals surface area contributed by atoms with Crippen LogP contribution in [0.5, 0.6) is 0 Å². The fraction of sp³-hybridized carbons (Fsp3) is 0.615. The summed E-state index contributed by atoms with van der Waals surface area (Å²) in [5, 5.41) is 3.29. The Labute approximate surface area is 113 Å². The summed E-state index contributed by atoms with van der Waals surface area (Å²) in [5.41, 5.74) is 0.923. The Morgan fingerprint density at radius 1 is 1.50 bits per heavy atom. The second kappa shape index (κ2) is 8.32. The zero-order valence-electron chi connectivity index (χ0n) is 11.4. The molecule has 0 atom stereocenters. The van der Waals surface area contributed by atoms with Crippen LogP contribution >= 0.6 is 11.8 Å². The molecule has 0 amide bonds. The number of thioether (sulfide) groups is 1. The molecule has 0 aliphatic carbocycles. The van der Waals surface area contributed by atoms with Gasteiger partial charge in [0, 0.05) is 31.5 Å². The molecular formula is C13H22FN3S. The van der Waals surface area contributed by atoms with Gasteiger partial charge in [0.25, 0.3) is 0 Å². The first-order chi connectivity index (χ1) is 8.69. The van der Waals surface area contributed by atoms with Gasteiger partial charge in [-0.05, 0) is 25.3 Å². The van der Waals surface area contributed by atoms with Gasteiger partial charge in [-0.25, -0.2) is 9.37 Å². The van der Waals surface area contributed by atoms with Crippen LogP contribution in [0.2, 0.25) is 0 Å². The van der Waals surface area contributed by atoms with E-state index in [-0.39, 0.29) is 5.82 Å². The minimum atomic E-state index is -0.273. The van der Waals surface area contributed by atoms with E-state index in [0.717, 1.165) is 36.6 Å². The number of hydrogen-bond donors (Lipinski definition) is 1. The normalized spacial score (nSPS) is 10.7. The molecule has 0 aliphatic rings. The molecule has 0 aliphatic heterocycles. The Morgan fingerprint density at radius 2 is 2.28 bits per heavy atom. The summed E-state index contributed by atoms with van der Waals surface area (Å²) in [5.74, 6) is 1.64. The van der Waals surface area contributed by atoms with Crippen molar-refractivity contribution in [2.45, 2.75) is 19.9 Å². The summed E-state index contributed by atoms with van der Waals surface area (Å²) in [6, 6.07) is 1.57. The maximum Gasteiger partial charge on any atom is 0.141 e. The van der Waals surface area contributed by atoms with Gasteiger partial charge in [-0.2, -0.15) is 11.8 Å². The highest BCUT2D eigenvalue weighted by molar-refractivity contribution is 7.98. The largest absolute Gasteiger partial charge is 0.359 e. The van der Waals surface area contributed by atoms with E-state index < -0.39 is 0 Å². The average Bonchev–Trinajstić information content (AvgIpc) is 2.36. The molecule has 1 heterocycles. The van der Waals surface area contributed by atoms with Gasteiger partial charge < -0.3 is 10.2 Å². The van der Waals surface area contributed by atoms with Crippen LogP contribution < -0.4 is 10.2 Å². The molecule has 18 heavy (non-hydrogen) atoms. The minimum absolute atomic E-state index is 0.273. The standard InChI is InChI=1S/C13H22FN3S/c1-4-5-15-9-11-8-12(14)10-16-13(11)17(2)6-7-18-3/h8,10,15H,4-7,9H2,1-3H3. The van der Waals surface area contributed by atoms with E-state index in [1.807, 2.05) is 7.05 Å². The Bertz CT molecular complexity index is 360. The Hall–Kier alpha value is -0.810. The molecule has 0 saturated heterocycles. The van der Waals surface area contributed by atoms with Crippen molar-refractivity contribution in [3.05, 3.63) is 23.6 Å². The summed E-state index contributed by atoms with van der Waals surface area (Å²) in [4.78, 5) is 6.29. The van der Waals surface area contributed by atoms with E-state index in [9.17, 15) is 4.39 Å². The number of hydrogen-bond acceptors (Lipinski definition) is 4. The number of anilines is 1. The topological polar surface area (TPSA) is 28.2 Å². The van der Waals surface area contributed by atoms with Gasteiger partial charge in [0.1, 0.15) is 11.6 Å². The lowest BCUT2D eigenvalue weighted by Crippen LogP contribution is -2.24. The molecule has 1 aromatic rings. The van der Waals surface area contributed by atoms with Gasteiger partial charge >= 0.3 is 0 Å². The molecule has 0 spiro atoms. The summed E-state index contributed by atoms with van der Waals surface area (Å²) < 4.78 is 13.3. The number of nitrogens with one attached hydrogen (secondary N) is 1. The first-order valence-corrected chi connectivity index (χ1v) is 7.63. The predicted molar refractivity (Wildman–Crippen MR) is 77.8 cm³/mol. The van der Waals surface area contributed by atoms with Gasteiger partial charge in [-0.3, -0.25) is 0 Å². The van der Waals surface area contributed by atoms with Crippen molar-refractivity contribution in [2.24, 2.45) is 0 Å². The fourth-order valence-corrected chi connectivity index (χ4v) is 2.14. The van der Waals surface area contributed by atoms with Crippen LogP contribution in [0.25, 0.3) is 0 Å². The number of aromatic nitrogens is 1. The SMILES string of the molecule is CCCNCc1cc(F)cnc1N(C)CCSC. The van der Waals surface area contributed by atoms with E-state index in [4.69, 9.17) is 0 Å². The Balaban J connectivity index is 2.74. The Kier molecular flexibility index (Phi) is 7.05. The van der Waals surface area contributed by atoms with E-state index in [0.29, 0.717) is 6.54 Å². The monoisotopic (exact) mass is 271 g/mol. The van der Waals surface area contributed by atoms with Crippen LogP contribution in [0.4, 0.5) is 10.2 Å². The fourth-order valence-electron chi connectivity index (χ4n) is 1.68. The zero-order valence-corrected chi connectivity index (χ0v) is 12.2. The predicted octanol–water partition coefficient (Wildman–Crippen LogP) is 2.52. The number of halogens is 1. The molecule has 0 unspecified atom stereocenters. The third-order valence-electron chi connectivity index (χ3n) is 2.64. The lowest BCUT2D eigenvalue weighted by Gasteiger charge is -2.21. The van der Waals surface area contributed by atoms with E-state index in [1.54, 1.807) is 17.8 Å². The smallest absolute Gasteiger partial charge is 0.141 e. The van der Waals surface area contributed by atoms with E-state index in [1.165, 1.54) is 6.20 Å². The third kappa shape index (κ3) is 4.82. The molecule has 0 aromatic carbocycles. The molecule has 1 aromatic heterocycles. The van der Waals surface area contributed by atoms with Gasteiger partial charge in [0.15, 0.2) is 0 Å². The lowest BCUT2D eigenvalue weighted by atomic mass is 10.2. The molecule has 0 fully saturated rings. The molecule has 102 valence electrons. The Morgan fingerprint density at radius 3 is 2.94 bits per heavy atom. The van der Waals surface area contributed by atoms with Crippen LogP contribution in [-0.2, 0) is 6.54 Å². The third-order valence-corrected chi connectivity index (χ3v) is 3.23. The minimum Gasteiger partial charge on any atom is -0.359 e. The molecule has 1 rings (SSSR count). The second-order valence-corrected chi connectivity index (χ2v) is 5.21. The van der Waals surface area contributed by atoms with Crippen LogP contribution in [0.3, 0.4) is 0 Å².